The van der Waals surface area contributed by atoms with E-state index in [2.05, 4.69) is 11.4 Å². The molecule has 0 saturated carbocycles. The maximum absolute atomic E-state index is 12.8. The van der Waals surface area contributed by atoms with Crippen molar-refractivity contribution >= 4 is 39.6 Å². The molecule has 0 bridgehead atoms. The van der Waals surface area contributed by atoms with Gasteiger partial charge >= 0.3 is 0 Å². The summed E-state index contributed by atoms with van der Waals surface area (Å²) in [7, 11) is 0. The lowest BCUT2D eigenvalue weighted by Crippen LogP contribution is -2.26. The van der Waals surface area contributed by atoms with Gasteiger partial charge in [0.15, 0.2) is 0 Å². The standard InChI is InChI=1S/C21H15N3O2/c1-13-5-6-15-7-8-18-21(17(15)9-13)23-19(25)11-20(26)24(18)16-4-2-3-14(10-16)12-22/h2-10H,11H2,1H3,(H,23,25). The van der Waals surface area contributed by atoms with Crippen LogP contribution in [-0.4, -0.2) is 11.8 Å². The van der Waals surface area contributed by atoms with E-state index in [1.807, 2.05) is 37.3 Å². The maximum Gasteiger partial charge on any atom is 0.241 e. The van der Waals surface area contributed by atoms with E-state index in [1.54, 1.807) is 24.3 Å². The van der Waals surface area contributed by atoms with E-state index < -0.39 is 0 Å². The third kappa shape index (κ3) is 2.58. The van der Waals surface area contributed by atoms with Crippen LogP contribution in [0.3, 0.4) is 0 Å². The van der Waals surface area contributed by atoms with Crippen LogP contribution in [0.1, 0.15) is 17.5 Å². The van der Waals surface area contributed by atoms with Crippen LogP contribution in [0.25, 0.3) is 10.8 Å². The monoisotopic (exact) mass is 341 g/mol. The molecule has 0 radical (unpaired) electrons. The van der Waals surface area contributed by atoms with Crippen molar-refractivity contribution in [3.63, 3.8) is 0 Å². The molecule has 0 spiro atoms. The number of nitriles is 1. The number of anilines is 3. The molecule has 0 fully saturated rings. The predicted octanol–water partition coefficient (Wildman–Crippen LogP) is 4.03. The number of hydrogen-bond acceptors (Lipinski definition) is 3. The summed E-state index contributed by atoms with van der Waals surface area (Å²) in [6.07, 6.45) is -0.251. The van der Waals surface area contributed by atoms with E-state index in [9.17, 15) is 14.9 Å². The van der Waals surface area contributed by atoms with Gasteiger partial charge in [-0.3, -0.25) is 14.5 Å². The van der Waals surface area contributed by atoms with Gasteiger partial charge in [-0.1, -0.05) is 29.8 Å². The molecule has 0 saturated heterocycles. The first-order valence-electron chi connectivity index (χ1n) is 8.23. The predicted molar refractivity (Wildman–Crippen MR) is 100 cm³/mol. The minimum absolute atomic E-state index is 0.251. The zero-order valence-electron chi connectivity index (χ0n) is 14.1. The van der Waals surface area contributed by atoms with E-state index in [-0.39, 0.29) is 18.2 Å². The maximum atomic E-state index is 12.8. The molecular weight excluding hydrogens is 326 g/mol. The van der Waals surface area contributed by atoms with Gasteiger partial charge in [0.05, 0.1) is 28.7 Å². The third-order valence-corrected chi connectivity index (χ3v) is 4.45. The fourth-order valence-corrected chi connectivity index (χ4v) is 3.27. The van der Waals surface area contributed by atoms with Crippen LogP contribution in [0.5, 0.6) is 0 Å². The zero-order chi connectivity index (χ0) is 18.3. The summed E-state index contributed by atoms with van der Waals surface area (Å²) in [4.78, 5) is 26.6. The Morgan fingerprint density at radius 3 is 2.69 bits per heavy atom. The van der Waals surface area contributed by atoms with Gasteiger partial charge in [-0.05, 0) is 42.6 Å². The van der Waals surface area contributed by atoms with Crippen molar-refractivity contribution in [3.05, 3.63) is 65.7 Å². The van der Waals surface area contributed by atoms with E-state index in [0.717, 1.165) is 16.3 Å². The van der Waals surface area contributed by atoms with Gasteiger partial charge in [-0.15, -0.1) is 0 Å². The molecule has 5 nitrogen and oxygen atoms in total. The molecule has 5 heteroatoms. The topological polar surface area (TPSA) is 73.2 Å². The van der Waals surface area contributed by atoms with Crippen LogP contribution < -0.4 is 10.2 Å². The Kier molecular flexibility index (Phi) is 3.67. The number of carbonyl (C=O) groups is 2. The van der Waals surface area contributed by atoms with Crippen molar-refractivity contribution in [2.75, 3.05) is 10.2 Å². The number of fused-ring (bicyclic) bond motifs is 3. The van der Waals surface area contributed by atoms with Gasteiger partial charge in [-0.25, -0.2) is 0 Å². The van der Waals surface area contributed by atoms with Crippen LogP contribution >= 0.6 is 0 Å². The van der Waals surface area contributed by atoms with Crippen molar-refractivity contribution in [3.8, 4) is 6.07 Å². The second-order valence-electron chi connectivity index (χ2n) is 6.30. The second-order valence-corrected chi connectivity index (χ2v) is 6.30. The van der Waals surface area contributed by atoms with Gasteiger partial charge in [0.25, 0.3) is 0 Å². The van der Waals surface area contributed by atoms with Gasteiger partial charge in [0.1, 0.15) is 6.42 Å². The van der Waals surface area contributed by atoms with Crippen molar-refractivity contribution in [2.24, 2.45) is 0 Å². The number of nitrogens with zero attached hydrogens (tertiary/aromatic N) is 2. The Hall–Kier alpha value is -3.65. The van der Waals surface area contributed by atoms with E-state index in [4.69, 9.17) is 0 Å². The molecule has 3 aromatic carbocycles. The molecule has 1 heterocycles. The average Bonchev–Trinajstić information content (AvgIpc) is 2.76. The summed E-state index contributed by atoms with van der Waals surface area (Å²) < 4.78 is 0. The van der Waals surface area contributed by atoms with Gasteiger partial charge < -0.3 is 5.32 Å². The number of amides is 2. The summed E-state index contributed by atoms with van der Waals surface area (Å²) in [5.41, 5.74) is 3.31. The zero-order valence-corrected chi connectivity index (χ0v) is 14.1. The highest BCUT2D eigenvalue weighted by Gasteiger charge is 2.28. The Morgan fingerprint density at radius 1 is 1.08 bits per heavy atom. The Labute approximate surface area is 150 Å². The van der Waals surface area contributed by atoms with Gasteiger partial charge in [0, 0.05) is 5.39 Å². The van der Waals surface area contributed by atoms with Crippen molar-refractivity contribution in [1.29, 1.82) is 5.26 Å². The molecule has 3 aromatic rings. The van der Waals surface area contributed by atoms with Crippen molar-refractivity contribution in [1.82, 2.24) is 0 Å². The molecule has 1 aliphatic heterocycles. The quantitative estimate of drug-likeness (QED) is 0.679. The molecule has 1 aliphatic rings. The molecular formula is C21H15N3O2. The molecule has 0 aromatic heterocycles. The molecule has 1 N–H and O–H groups in total. The normalized spacial score (nSPS) is 13.8. The van der Waals surface area contributed by atoms with E-state index >= 15 is 0 Å². The third-order valence-electron chi connectivity index (χ3n) is 4.45. The minimum Gasteiger partial charge on any atom is -0.323 e. The number of nitrogens with one attached hydrogen (secondary N) is 1. The second kappa shape index (κ2) is 6.01. The smallest absolute Gasteiger partial charge is 0.241 e. The molecule has 126 valence electrons. The lowest BCUT2D eigenvalue weighted by Gasteiger charge is -2.23. The fraction of sp³-hybridized carbons (Fsp3) is 0.0952. The van der Waals surface area contributed by atoms with Crippen LogP contribution in [0, 0.1) is 18.3 Å². The molecule has 2 amide bonds. The highest BCUT2D eigenvalue weighted by Crippen LogP contribution is 2.40. The SMILES string of the molecule is Cc1ccc2ccc3c(c2c1)NC(=O)CC(=O)N3c1cccc(C#N)c1. The largest absolute Gasteiger partial charge is 0.323 e. The highest BCUT2D eigenvalue weighted by molar-refractivity contribution is 6.21. The van der Waals surface area contributed by atoms with Crippen LogP contribution in [0.4, 0.5) is 17.1 Å². The molecule has 4 rings (SSSR count). The molecule has 0 aliphatic carbocycles. The van der Waals surface area contributed by atoms with Crippen LogP contribution in [0.15, 0.2) is 54.6 Å². The average molecular weight is 341 g/mol. The molecule has 26 heavy (non-hydrogen) atoms. The Bertz CT molecular complexity index is 1110. The molecule has 0 unspecified atom stereocenters. The minimum atomic E-state index is -0.343. The highest BCUT2D eigenvalue weighted by atomic mass is 16.2. The van der Waals surface area contributed by atoms with Crippen molar-refractivity contribution in [2.45, 2.75) is 13.3 Å². The van der Waals surface area contributed by atoms with Crippen LogP contribution in [0.2, 0.25) is 0 Å². The number of carbonyl (C=O) groups excluding carboxylic acids is 2. The Morgan fingerprint density at radius 2 is 1.88 bits per heavy atom. The number of hydrogen-bond donors (Lipinski definition) is 1. The number of benzene rings is 3. The lowest BCUT2D eigenvalue weighted by molar-refractivity contribution is -0.124. The number of rotatable bonds is 1. The lowest BCUT2D eigenvalue weighted by atomic mass is 10.0. The number of aryl methyl sites for hydroxylation is 1. The van der Waals surface area contributed by atoms with Crippen molar-refractivity contribution < 1.29 is 9.59 Å². The summed E-state index contributed by atoms with van der Waals surface area (Å²) in [6, 6.07) is 18.7. The Balaban J connectivity index is 2.00. The van der Waals surface area contributed by atoms with E-state index in [0.29, 0.717) is 22.6 Å². The summed E-state index contributed by atoms with van der Waals surface area (Å²) in [6.45, 7) is 1.98. The summed E-state index contributed by atoms with van der Waals surface area (Å²) in [5, 5.41) is 13.9. The van der Waals surface area contributed by atoms with E-state index in [1.165, 1.54) is 4.90 Å². The van der Waals surface area contributed by atoms with Crippen LogP contribution in [-0.2, 0) is 9.59 Å². The summed E-state index contributed by atoms with van der Waals surface area (Å²) in [5.74, 6) is -0.674. The first kappa shape index (κ1) is 15.9. The van der Waals surface area contributed by atoms with Gasteiger partial charge in [-0.2, -0.15) is 5.26 Å². The fourth-order valence-electron chi connectivity index (χ4n) is 3.27. The first-order valence-corrected chi connectivity index (χ1v) is 8.23. The van der Waals surface area contributed by atoms with Gasteiger partial charge in [0.2, 0.25) is 11.8 Å². The summed E-state index contributed by atoms with van der Waals surface area (Å²) >= 11 is 0. The first-order chi connectivity index (χ1) is 12.6. The molecule has 0 atom stereocenters.